The molecular formula is C16H19N3O3. The predicted molar refractivity (Wildman–Crippen MR) is 83.6 cm³/mol. The second-order valence-electron chi connectivity index (χ2n) is 4.97. The minimum atomic E-state index is -0.326. The summed E-state index contributed by atoms with van der Waals surface area (Å²) in [7, 11) is 0. The number of nitrogens with one attached hydrogen (secondary N) is 2. The van der Waals surface area contributed by atoms with Crippen LogP contribution in [-0.2, 0) is 9.59 Å². The molecule has 6 heteroatoms. The number of hydrogen-bond donors (Lipinski definition) is 2. The molecule has 0 bridgehead atoms. The summed E-state index contributed by atoms with van der Waals surface area (Å²) >= 11 is 0. The molecule has 0 aromatic heterocycles. The lowest BCUT2D eigenvalue weighted by Crippen LogP contribution is -2.36. The minimum absolute atomic E-state index is 0.0843. The van der Waals surface area contributed by atoms with Gasteiger partial charge in [0.2, 0.25) is 11.8 Å². The van der Waals surface area contributed by atoms with Gasteiger partial charge in [0, 0.05) is 30.8 Å². The molecule has 0 saturated carbocycles. The third kappa shape index (κ3) is 3.94. The first-order valence-electron chi connectivity index (χ1n) is 7.18. The summed E-state index contributed by atoms with van der Waals surface area (Å²) in [5.74, 6) is -0.489. The Morgan fingerprint density at radius 3 is 2.55 bits per heavy atom. The predicted octanol–water partition coefficient (Wildman–Crippen LogP) is 0.845. The van der Waals surface area contributed by atoms with Gasteiger partial charge in [-0.25, -0.2) is 0 Å². The van der Waals surface area contributed by atoms with Gasteiger partial charge in [-0.3, -0.25) is 14.4 Å². The van der Waals surface area contributed by atoms with Crippen LogP contribution in [0.3, 0.4) is 0 Å². The average Bonchev–Trinajstić information content (AvgIpc) is 2.96. The standard InChI is InChI=1S/C16H19N3O3/c1-2-9-17-14(20)11-18-16(22)12-5-7-13(8-6-12)19-10-3-4-15(19)21/h2,5-8H,1,3-4,9-11H2,(H,17,20)(H,18,22). The van der Waals surface area contributed by atoms with Gasteiger partial charge in [0.1, 0.15) is 0 Å². The fourth-order valence-electron chi connectivity index (χ4n) is 2.23. The number of rotatable bonds is 6. The molecule has 0 radical (unpaired) electrons. The Labute approximate surface area is 129 Å². The second kappa shape index (κ2) is 7.40. The summed E-state index contributed by atoms with van der Waals surface area (Å²) < 4.78 is 0. The Balaban J connectivity index is 1.89. The van der Waals surface area contributed by atoms with Gasteiger partial charge in [-0.1, -0.05) is 6.08 Å². The van der Waals surface area contributed by atoms with E-state index in [9.17, 15) is 14.4 Å². The molecule has 0 atom stereocenters. The number of anilines is 1. The van der Waals surface area contributed by atoms with Crippen molar-refractivity contribution in [2.45, 2.75) is 12.8 Å². The van der Waals surface area contributed by atoms with Crippen molar-refractivity contribution in [2.75, 3.05) is 24.5 Å². The Kier molecular flexibility index (Phi) is 5.30. The van der Waals surface area contributed by atoms with Crippen LogP contribution in [0.15, 0.2) is 36.9 Å². The molecule has 1 saturated heterocycles. The van der Waals surface area contributed by atoms with Gasteiger partial charge < -0.3 is 15.5 Å². The van der Waals surface area contributed by atoms with Gasteiger partial charge in [-0.05, 0) is 30.7 Å². The summed E-state index contributed by atoms with van der Waals surface area (Å²) in [4.78, 5) is 36.7. The van der Waals surface area contributed by atoms with Gasteiger partial charge in [0.15, 0.2) is 0 Å². The Morgan fingerprint density at radius 2 is 1.95 bits per heavy atom. The van der Waals surface area contributed by atoms with Crippen LogP contribution in [0, 0.1) is 0 Å². The molecule has 3 amide bonds. The van der Waals surface area contributed by atoms with E-state index >= 15 is 0 Å². The third-order valence-corrected chi connectivity index (χ3v) is 3.37. The van der Waals surface area contributed by atoms with E-state index in [1.54, 1.807) is 35.2 Å². The average molecular weight is 301 g/mol. The summed E-state index contributed by atoms with van der Waals surface area (Å²) in [6, 6.07) is 6.79. The third-order valence-electron chi connectivity index (χ3n) is 3.37. The fourth-order valence-corrected chi connectivity index (χ4v) is 2.23. The monoisotopic (exact) mass is 301 g/mol. The fraction of sp³-hybridized carbons (Fsp3) is 0.312. The Morgan fingerprint density at radius 1 is 1.23 bits per heavy atom. The normalized spacial score (nSPS) is 13.8. The van der Waals surface area contributed by atoms with E-state index in [1.165, 1.54) is 0 Å². The first kappa shape index (κ1) is 15.8. The van der Waals surface area contributed by atoms with E-state index < -0.39 is 0 Å². The molecule has 1 aliphatic rings. The summed E-state index contributed by atoms with van der Waals surface area (Å²) in [6.07, 6.45) is 3.00. The zero-order valence-electron chi connectivity index (χ0n) is 12.3. The zero-order valence-corrected chi connectivity index (χ0v) is 12.3. The molecule has 2 rings (SSSR count). The second-order valence-corrected chi connectivity index (χ2v) is 4.97. The first-order chi connectivity index (χ1) is 10.6. The van der Waals surface area contributed by atoms with Crippen molar-refractivity contribution < 1.29 is 14.4 Å². The molecule has 1 fully saturated rings. The van der Waals surface area contributed by atoms with Crippen molar-refractivity contribution in [3.8, 4) is 0 Å². The highest BCUT2D eigenvalue weighted by Crippen LogP contribution is 2.21. The molecule has 1 heterocycles. The lowest BCUT2D eigenvalue weighted by Gasteiger charge is -2.15. The first-order valence-corrected chi connectivity index (χ1v) is 7.18. The van der Waals surface area contributed by atoms with Crippen LogP contribution in [-0.4, -0.2) is 37.4 Å². The van der Waals surface area contributed by atoms with Crippen LogP contribution in [0.5, 0.6) is 0 Å². The van der Waals surface area contributed by atoms with Gasteiger partial charge in [-0.15, -0.1) is 6.58 Å². The molecule has 0 spiro atoms. The Hall–Kier alpha value is -2.63. The van der Waals surface area contributed by atoms with Crippen molar-refractivity contribution in [1.82, 2.24) is 10.6 Å². The van der Waals surface area contributed by atoms with Gasteiger partial charge in [0.25, 0.3) is 5.91 Å². The SMILES string of the molecule is C=CCNC(=O)CNC(=O)c1ccc(N2CCCC2=O)cc1. The van der Waals surface area contributed by atoms with Crippen molar-refractivity contribution >= 4 is 23.4 Å². The molecule has 2 N–H and O–H groups in total. The molecule has 0 unspecified atom stereocenters. The molecular weight excluding hydrogens is 282 g/mol. The molecule has 1 aromatic carbocycles. The van der Waals surface area contributed by atoms with Gasteiger partial charge >= 0.3 is 0 Å². The highest BCUT2D eigenvalue weighted by atomic mass is 16.2. The summed E-state index contributed by atoms with van der Waals surface area (Å²) in [5, 5.41) is 5.11. The zero-order chi connectivity index (χ0) is 15.9. The number of amides is 3. The molecule has 6 nitrogen and oxygen atoms in total. The number of carbonyl (C=O) groups is 3. The maximum Gasteiger partial charge on any atom is 0.251 e. The largest absolute Gasteiger partial charge is 0.351 e. The van der Waals surface area contributed by atoms with E-state index in [1.807, 2.05) is 0 Å². The van der Waals surface area contributed by atoms with Crippen LogP contribution in [0.2, 0.25) is 0 Å². The van der Waals surface area contributed by atoms with Crippen molar-refractivity contribution in [3.05, 3.63) is 42.5 Å². The topological polar surface area (TPSA) is 78.5 Å². The van der Waals surface area contributed by atoms with Crippen LogP contribution in [0.4, 0.5) is 5.69 Å². The lowest BCUT2D eigenvalue weighted by molar-refractivity contribution is -0.120. The lowest BCUT2D eigenvalue weighted by atomic mass is 10.2. The maximum atomic E-state index is 11.9. The van der Waals surface area contributed by atoms with E-state index in [-0.39, 0.29) is 24.3 Å². The van der Waals surface area contributed by atoms with E-state index in [4.69, 9.17) is 0 Å². The quantitative estimate of drug-likeness (QED) is 0.764. The molecule has 22 heavy (non-hydrogen) atoms. The van der Waals surface area contributed by atoms with Crippen LogP contribution in [0.25, 0.3) is 0 Å². The van der Waals surface area contributed by atoms with Crippen LogP contribution >= 0.6 is 0 Å². The van der Waals surface area contributed by atoms with Gasteiger partial charge in [-0.2, -0.15) is 0 Å². The van der Waals surface area contributed by atoms with Crippen LogP contribution in [0.1, 0.15) is 23.2 Å². The molecule has 1 aromatic rings. The molecule has 116 valence electrons. The number of nitrogens with zero attached hydrogens (tertiary/aromatic N) is 1. The number of carbonyl (C=O) groups excluding carboxylic acids is 3. The Bertz CT molecular complexity index is 581. The minimum Gasteiger partial charge on any atom is -0.351 e. The van der Waals surface area contributed by atoms with E-state index in [2.05, 4.69) is 17.2 Å². The maximum absolute atomic E-state index is 11.9. The smallest absolute Gasteiger partial charge is 0.251 e. The number of benzene rings is 1. The molecule has 1 aliphatic heterocycles. The number of hydrogen-bond acceptors (Lipinski definition) is 3. The highest BCUT2D eigenvalue weighted by molar-refractivity contribution is 5.98. The van der Waals surface area contributed by atoms with Crippen molar-refractivity contribution in [2.24, 2.45) is 0 Å². The highest BCUT2D eigenvalue weighted by Gasteiger charge is 2.21. The molecule has 0 aliphatic carbocycles. The van der Waals surface area contributed by atoms with E-state index in [0.717, 1.165) is 12.1 Å². The van der Waals surface area contributed by atoms with Crippen molar-refractivity contribution in [1.29, 1.82) is 0 Å². The van der Waals surface area contributed by atoms with Gasteiger partial charge in [0.05, 0.1) is 6.54 Å². The summed E-state index contributed by atoms with van der Waals surface area (Å²) in [6.45, 7) is 4.49. The van der Waals surface area contributed by atoms with Crippen molar-refractivity contribution in [3.63, 3.8) is 0 Å². The van der Waals surface area contributed by atoms with E-state index in [0.29, 0.717) is 25.1 Å². The summed E-state index contributed by atoms with van der Waals surface area (Å²) in [5.41, 5.74) is 1.25. The van der Waals surface area contributed by atoms with Crippen LogP contribution < -0.4 is 15.5 Å².